The molecule has 5 nitrogen and oxygen atoms in total. The Bertz CT molecular complexity index is 774. The highest BCUT2D eigenvalue weighted by atomic mass is 16.5. The predicted molar refractivity (Wildman–Crippen MR) is 91.7 cm³/mol. The zero-order valence-electron chi connectivity index (χ0n) is 14.5. The highest BCUT2D eigenvalue weighted by Crippen LogP contribution is 2.20. The number of phenols is 1. The van der Waals surface area contributed by atoms with Crippen LogP contribution in [-0.2, 0) is 11.3 Å². The summed E-state index contributed by atoms with van der Waals surface area (Å²) in [5, 5.41) is 9.80. The fourth-order valence-electron chi connectivity index (χ4n) is 2.75. The molecule has 0 aliphatic carbocycles. The maximum Gasteiger partial charge on any atom is 0.342 e. The van der Waals surface area contributed by atoms with Gasteiger partial charge in [0.05, 0.1) is 0 Å². The van der Waals surface area contributed by atoms with E-state index in [0.29, 0.717) is 5.56 Å². The number of aromatic hydroxyl groups is 1. The molecule has 1 heterocycles. The number of nitrogens with zero attached hydrogens (tertiary/aromatic N) is 1. The summed E-state index contributed by atoms with van der Waals surface area (Å²) in [6.45, 7) is 8.24. The smallest absolute Gasteiger partial charge is 0.342 e. The molecule has 128 valence electrons. The van der Waals surface area contributed by atoms with Gasteiger partial charge in [-0.2, -0.15) is 0 Å². The Morgan fingerprint density at radius 1 is 1.12 bits per heavy atom. The standard InChI is InChI=1S/C19H23NO4/c1-5-8-20-13(3)10-16(14(20)4)18(22)11-24-19(23)15-7-6-12(2)9-17(15)21/h6-7,9-10,21H,5,8,11H2,1-4H3. The lowest BCUT2D eigenvalue weighted by Crippen LogP contribution is -2.15. The lowest BCUT2D eigenvalue weighted by molar-refractivity contribution is 0.0471. The Balaban J connectivity index is 2.08. The van der Waals surface area contributed by atoms with Crippen molar-refractivity contribution in [2.45, 2.75) is 40.7 Å². The van der Waals surface area contributed by atoms with Gasteiger partial charge in [0, 0.05) is 23.5 Å². The summed E-state index contributed by atoms with van der Waals surface area (Å²) in [7, 11) is 0. The van der Waals surface area contributed by atoms with E-state index in [-0.39, 0.29) is 23.7 Å². The van der Waals surface area contributed by atoms with Crippen LogP contribution in [0.15, 0.2) is 24.3 Å². The predicted octanol–water partition coefficient (Wildman–Crippen LogP) is 3.57. The molecule has 0 bridgehead atoms. The van der Waals surface area contributed by atoms with Crippen molar-refractivity contribution in [3.05, 3.63) is 52.3 Å². The minimum Gasteiger partial charge on any atom is -0.507 e. The van der Waals surface area contributed by atoms with Gasteiger partial charge in [-0.25, -0.2) is 4.79 Å². The highest BCUT2D eigenvalue weighted by molar-refractivity contribution is 6.01. The summed E-state index contributed by atoms with van der Waals surface area (Å²) < 4.78 is 7.16. The first-order valence-corrected chi connectivity index (χ1v) is 8.01. The summed E-state index contributed by atoms with van der Waals surface area (Å²) in [5.74, 6) is -1.10. The van der Waals surface area contributed by atoms with E-state index < -0.39 is 5.97 Å². The number of carbonyl (C=O) groups excluding carboxylic acids is 2. The quantitative estimate of drug-likeness (QED) is 0.650. The maximum atomic E-state index is 12.4. The minimum absolute atomic E-state index is 0.0601. The Morgan fingerprint density at radius 3 is 2.46 bits per heavy atom. The van der Waals surface area contributed by atoms with E-state index in [2.05, 4.69) is 11.5 Å². The molecule has 2 rings (SSSR count). The largest absolute Gasteiger partial charge is 0.507 e. The van der Waals surface area contributed by atoms with Gasteiger partial charge in [0.25, 0.3) is 0 Å². The maximum absolute atomic E-state index is 12.4. The second kappa shape index (κ2) is 7.34. The number of Topliss-reactive ketones (excluding diaryl/α,β-unsaturated/α-hetero) is 1. The van der Waals surface area contributed by atoms with Gasteiger partial charge in [0.2, 0.25) is 5.78 Å². The van der Waals surface area contributed by atoms with Crippen molar-refractivity contribution in [2.24, 2.45) is 0 Å². The molecule has 0 radical (unpaired) electrons. The number of hydrogen-bond donors (Lipinski definition) is 1. The van der Waals surface area contributed by atoms with Crippen LogP contribution in [0.25, 0.3) is 0 Å². The first-order chi connectivity index (χ1) is 11.3. The van der Waals surface area contributed by atoms with Crippen molar-refractivity contribution in [3.63, 3.8) is 0 Å². The third-order valence-electron chi connectivity index (χ3n) is 4.03. The van der Waals surface area contributed by atoms with Crippen molar-refractivity contribution < 1.29 is 19.4 Å². The molecule has 0 aliphatic rings. The Labute approximate surface area is 141 Å². The van der Waals surface area contributed by atoms with Gasteiger partial charge in [-0.15, -0.1) is 0 Å². The van der Waals surface area contributed by atoms with Crippen LogP contribution in [0.3, 0.4) is 0 Å². The molecular weight excluding hydrogens is 306 g/mol. The molecule has 0 saturated heterocycles. The summed E-state index contributed by atoms with van der Waals surface area (Å²) in [5.41, 5.74) is 3.36. The van der Waals surface area contributed by atoms with Crippen LogP contribution in [0.4, 0.5) is 0 Å². The molecule has 0 atom stereocenters. The summed E-state index contributed by atoms with van der Waals surface area (Å²) in [4.78, 5) is 24.4. The zero-order valence-corrected chi connectivity index (χ0v) is 14.5. The minimum atomic E-state index is -0.705. The molecule has 2 aromatic rings. The molecule has 24 heavy (non-hydrogen) atoms. The number of rotatable bonds is 6. The molecule has 0 aliphatic heterocycles. The Morgan fingerprint density at radius 2 is 1.83 bits per heavy atom. The second-order valence-corrected chi connectivity index (χ2v) is 5.96. The fourth-order valence-corrected chi connectivity index (χ4v) is 2.75. The van der Waals surface area contributed by atoms with Crippen LogP contribution < -0.4 is 0 Å². The van der Waals surface area contributed by atoms with E-state index in [0.717, 1.165) is 29.9 Å². The lowest BCUT2D eigenvalue weighted by atomic mass is 10.1. The van der Waals surface area contributed by atoms with Crippen LogP contribution in [0.5, 0.6) is 5.75 Å². The monoisotopic (exact) mass is 329 g/mol. The van der Waals surface area contributed by atoms with Gasteiger partial charge in [-0.3, -0.25) is 4.79 Å². The van der Waals surface area contributed by atoms with Crippen molar-refractivity contribution in [1.29, 1.82) is 0 Å². The fraction of sp³-hybridized carbons (Fsp3) is 0.368. The average molecular weight is 329 g/mol. The topological polar surface area (TPSA) is 68.5 Å². The molecular formula is C19H23NO4. The van der Waals surface area contributed by atoms with Crippen LogP contribution in [0.1, 0.15) is 51.0 Å². The SMILES string of the molecule is CCCn1c(C)cc(C(=O)COC(=O)c2ccc(C)cc2O)c1C. The zero-order chi connectivity index (χ0) is 17.9. The van der Waals surface area contributed by atoms with E-state index in [9.17, 15) is 14.7 Å². The van der Waals surface area contributed by atoms with Gasteiger partial charge in [-0.1, -0.05) is 13.0 Å². The molecule has 0 fully saturated rings. The molecule has 1 N–H and O–H groups in total. The van der Waals surface area contributed by atoms with E-state index in [1.54, 1.807) is 6.07 Å². The molecule has 0 saturated carbocycles. The molecule has 1 aromatic heterocycles. The van der Waals surface area contributed by atoms with Crippen LogP contribution in [0.2, 0.25) is 0 Å². The number of esters is 1. The average Bonchev–Trinajstić information content (AvgIpc) is 2.81. The second-order valence-electron chi connectivity index (χ2n) is 5.96. The van der Waals surface area contributed by atoms with E-state index in [4.69, 9.17) is 4.74 Å². The van der Waals surface area contributed by atoms with Crippen molar-refractivity contribution in [3.8, 4) is 5.75 Å². The van der Waals surface area contributed by atoms with Gasteiger partial charge < -0.3 is 14.4 Å². The van der Waals surface area contributed by atoms with Crippen molar-refractivity contribution in [2.75, 3.05) is 6.61 Å². The van der Waals surface area contributed by atoms with Crippen LogP contribution in [-0.4, -0.2) is 28.0 Å². The number of carbonyl (C=O) groups is 2. The summed E-state index contributed by atoms with van der Waals surface area (Å²) in [6.07, 6.45) is 0.978. The molecule has 5 heteroatoms. The van der Waals surface area contributed by atoms with E-state index >= 15 is 0 Å². The number of benzene rings is 1. The lowest BCUT2D eigenvalue weighted by Gasteiger charge is -2.08. The molecule has 0 unspecified atom stereocenters. The Hall–Kier alpha value is -2.56. The first kappa shape index (κ1) is 17.8. The van der Waals surface area contributed by atoms with Crippen LogP contribution >= 0.6 is 0 Å². The van der Waals surface area contributed by atoms with Crippen molar-refractivity contribution in [1.82, 2.24) is 4.57 Å². The van der Waals surface area contributed by atoms with Gasteiger partial charge in [0.1, 0.15) is 11.3 Å². The van der Waals surface area contributed by atoms with Gasteiger partial charge in [0.15, 0.2) is 6.61 Å². The first-order valence-electron chi connectivity index (χ1n) is 8.01. The summed E-state index contributed by atoms with van der Waals surface area (Å²) in [6, 6.07) is 6.50. The number of hydrogen-bond acceptors (Lipinski definition) is 4. The van der Waals surface area contributed by atoms with Gasteiger partial charge in [-0.05, 0) is 51.0 Å². The molecule has 0 amide bonds. The van der Waals surface area contributed by atoms with Crippen LogP contribution in [0, 0.1) is 20.8 Å². The highest BCUT2D eigenvalue weighted by Gasteiger charge is 2.19. The van der Waals surface area contributed by atoms with Gasteiger partial charge >= 0.3 is 5.97 Å². The number of phenolic OH excluding ortho intramolecular Hbond substituents is 1. The number of aryl methyl sites for hydroxylation is 2. The number of ketones is 1. The molecule has 1 aromatic carbocycles. The molecule has 0 spiro atoms. The third-order valence-corrected chi connectivity index (χ3v) is 4.03. The van der Waals surface area contributed by atoms with E-state index in [1.165, 1.54) is 12.1 Å². The Kier molecular flexibility index (Phi) is 5.44. The van der Waals surface area contributed by atoms with Crippen molar-refractivity contribution >= 4 is 11.8 Å². The third kappa shape index (κ3) is 3.67. The van der Waals surface area contributed by atoms with E-state index in [1.807, 2.05) is 26.8 Å². The number of ether oxygens (including phenoxy) is 1. The normalized spacial score (nSPS) is 10.7. The summed E-state index contributed by atoms with van der Waals surface area (Å²) >= 11 is 0. The number of aromatic nitrogens is 1.